The summed E-state index contributed by atoms with van der Waals surface area (Å²) in [5.74, 6) is 2.20. The van der Waals surface area contributed by atoms with Crippen LogP contribution >= 0.6 is 0 Å². The molecule has 1 amide bonds. The Hall–Kier alpha value is -1.89. The number of ether oxygens (including phenoxy) is 1. The number of hydrogen-bond donors (Lipinski definition) is 1. The van der Waals surface area contributed by atoms with Gasteiger partial charge in [0.15, 0.2) is 5.82 Å². The van der Waals surface area contributed by atoms with E-state index < -0.39 is 0 Å². The topological polar surface area (TPSA) is 70.6 Å². The second kappa shape index (κ2) is 9.16. The highest BCUT2D eigenvalue weighted by Crippen LogP contribution is 2.28. The molecule has 26 heavy (non-hydrogen) atoms. The molecule has 144 valence electrons. The van der Waals surface area contributed by atoms with Crippen LogP contribution in [0.5, 0.6) is 0 Å². The second-order valence-electron chi connectivity index (χ2n) is 7.49. The van der Waals surface area contributed by atoms with Gasteiger partial charge >= 0.3 is 0 Å². The second-order valence-corrected chi connectivity index (χ2v) is 7.49. The van der Waals surface area contributed by atoms with Crippen molar-refractivity contribution < 1.29 is 9.53 Å². The van der Waals surface area contributed by atoms with Crippen LogP contribution in [0.15, 0.2) is 6.20 Å². The lowest BCUT2D eigenvalue weighted by molar-refractivity contribution is -0.116. The first kappa shape index (κ1) is 18.9. The van der Waals surface area contributed by atoms with E-state index in [1.165, 1.54) is 32.1 Å². The fourth-order valence-corrected chi connectivity index (χ4v) is 3.73. The lowest BCUT2D eigenvalue weighted by Gasteiger charge is -2.28. The van der Waals surface area contributed by atoms with Crippen LogP contribution in [0, 0.1) is 5.92 Å². The van der Waals surface area contributed by atoms with E-state index in [0.29, 0.717) is 37.2 Å². The number of carbonyl (C=O) groups excluding carboxylic acids is 1. The van der Waals surface area contributed by atoms with Gasteiger partial charge in [0.1, 0.15) is 5.69 Å². The zero-order chi connectivity index (χ0) is 18.4. The van der Waals surface area contributed by atoms with Crippen molar-refractivity contribution in [1.29, 1.82) is 0 Å². The predicted molar refractivity (Wildman–Crippen MR) is 104 cm³/mol. The largest absolute Gasteiger partial charge is 0.378 e. The van der Waals surface area contributed by atoms with E-state index in [1.54, 1.807) is 6.20 Å². The molecule has 0 atom stereocenters. The van der Waals surface area contributed by atoms with E-state index in [1.807, 2.05) is 19.0 Å². The first-order valence-corrected chi connectivity index (χ1v) is 9.80. The fourth-order valence-electron chi connectivity index (χ4n) is 3.73. The minimum absolute atomic E-state index is 0.0568. The van der Waals surface area contributed by atoms with Crippen molar-refractivity contribution in [3.05, 3.63) is 6.20 Å². The average molecular weight is 361 g/mol. The van der Waals surface area contributed by atoms with Gasteiger partial charge in [-0.05, 0) is 12.3 Å². The van der Waals surface area contributed by atoms with Gasteiger partial charge in [0.05, 0.1) is 19.4 Å². The number of hydrogen-bond acceptors (Lipinski definition) is 6. The van der Waals surface area contributed by atoms with Gasteiger partial charge in [-0.3, -0.25) is 4.79 Å². The summed E-state index contributed by atoms with van der Waals surface area (Å²) >= 11 is 0. The van der Waals surface area contributed by atoms with Crippen LogP contribution in [0.1, 0.15) is 44.9 Å². The molecule has 1 saturated carbocycles. The number of nitrogens with one attached hydrogen (secondary N) is 1. The van der Waals surface area contributed by atoms with Gasteiger partial charge in [-0.25, -0.2) is 4.98 Å². The molecule has 3 rings (SSSR count). The normalized spacial score (nSPS) is 18.6. The molecule has 1 aliphatic carbocycles. The maximum absolute atomic E-state index is 12.4. The molecule has 1 aromatic rings. The third-order valence-corrected chi connectivity index (χ3v) is 5.25. The van der Waals surface area contributed by atoms with Crippen molar-refractivity contribution in [2.24, 2.45) is 5.92 Å². The molecule has 7 nitrogen and oxygen atoms in total. The zero-order valence-corrected chi connectivity index (χ0v) is 16.0. The Kier molecular flexibility index (Phi) is 6.66. The Morgan fingerprint density at radius 1 is 1.27 bits per heavy atom. The van der Waals surface area contributed by atoms with Crippen molar-refractivity contribution in [2.75, 3.05) is 55.5 Å². The van der Waals surface area contributed by atoms with Crippen molar-refractivity contribution in [3.8, 4) is 0 Å². The van der Waals surface area contributed by atoms with Crippen molar-refractivity contribution >= 4 is 23.4 Å². The standard InChI is InChI=1S/C19H31N5O2/c1-23(2)18-16(14-20-19(22-18)24-10-12-26-13-11-24)21-17(25)9-8-15-6-4-3-5-7-15/h14-15H,3-13H2,1-2H3,(H,21,25). The summed E-state index contributed by atoms with van der Waals surface area (Å²) in [7, 11) is 3.87. The van der Waals surface area contributed by atoms with Crippen LogP contribution in [-0.2, 0) is 9.53 Å². The van der Waals surface area contributed by atoms with Crippen LogP contribution < -0.4 is 15.1 Å². The van der Waals surface area contributed by atoms with Gasteiger partial charge < -0.3 is 19.9 Å². The highest BCUT2D eigenvalue weighted by Gasteiger charge is 2.19. The van der Waals surface area contributed by atoms with Crippen LogP contribution in [0.2, 0.25) is 0 Å². The first-order valence-electron chi connectivity index (χ1n) is 9.80. The summed E-state index contributed by atoms with van der Waals surface area (Å²) in [5, 5.41) is 3.01. The molecule has 0 aromatic carbocycles. The van der Waals surface area contributed by atoms with Crippen LogP contribution in [0.4, 0.5) is 17.5 Å². The van der Waals surface area contributed by atoms with Crippen molar-refractivity contribution in [3.63, 3.8) is 0 Å². The molecule has 0 unspecified atom stereocenters. The molecular weight excluding hydrogens is 330 g/mol. The Balaban J connectivity index is 1.61. The highest BCUT2D eigenvalue weighted by atomic mass is 16.5. The Morgan fingerprint density at radius 2 is 2.00 bits per heavy atom. The molecule has 1 N–H and O–H groups in total. The molecule has 1 saturated heterocycles. The first-order chi connectivity index (χ1) is 12.6. The minimum atomic E-state index is 0.0568. The molecule has 2 fully saturated rings. The van der Waals surface area contributed by atoms with E-state index in [-0.39, 0.29) is 5.91 Å². The van der Waals surface area contributed by atoms with E-state index in [9.17, 15) is 4.79 Å². The summed E-state index contributed by atoms with van der Waals surface area (Å²) < 4.78 is 5.39. The number of nitrogens with zero attached hydrogens (tertiary/aromatic N) is 4. The third kappa shape index (κ3) is 5.06. The van der Waals surface area contributed by atoms with Gasteiger partial charge in [0.2, 0.25) is 11.9 Å². The number of amides is 1. The van der Waals surface area contributed by atoms with Gasteiger partial charge in [0, 0.05) is 33.6 Å². The molecule has 2 aliphatic rings. The molecular formula is C19H31N5O2. The fraction of sp³-hybridized carbons (Fsp3) is 0.737. The van der Waals surface area contributed by atoms with E-state index >= 15 is 0 Å². The number of carbonyl (C=O) groups is 1. The van der Waals surface area contributed by atoms with Gasteiger partial charge in [-0.15, -0.1) is 0 Å². The van der Waals surface area contributed by atoms with Crippen molar-refractivity contribution in [2.45, 2.75) is 44.9 Å². The maximum atomic E-state index is 12.4. The summed E-state index contributed by atoms with van der Waals surface area (Å²) in [6, 6.07) is 0. The number of anilines is 3. The Labute approximate surface area is 156 Å². The quantitative estimate of drug-likeness (QED) is 0.840. The number of rotatable bonds is 6. The van der Waals surface area contributed by atoms with Gasteiger partial charge in [-0.2, -0.15) is 4.98 Å². The average Bonchev–Trinajstić information content (AvgIpc) is 2.68. The van der Waals surface area contributed by atoms with E-state index in [2.05, 4.69) is 20.2 Å². The lowest BCUT2D eigenvalue weighted by Crippen LogP contribution is -2.37. The summed E-state index contributed by atoms with van der Waals surface area (Å²) in [5.41, 5.74) is 0.681. The van der Waals surface area contributed by atoms with Crippen LogP contribution in [-0.4, -0.2) is 56.3 Å². The Morgan fingerprint density at radius 3 is 2.69 bits per heavy atom. The number of aromatic nitrogens is 2. The summed E-state index contributed by atoms with van der Waals surface area (Å²) in [4.78, 5) is 25.6. The molecule has 7 heteroatoms. The lowest BCUT2D eigenvalue weighted by atomic mass is 9.86. The summed E-state index contributed by atoms with van der Waals surface area (Å²) in [6.07, 6.45) is 9.80. The molecule has 1 aliphatic heterocycles. The monoisotopic (exact) mass is 361 g/mol. The SMILES string of the molecule is CN(C)c1nc(N2CCOCC2)ncc1NC(=O)CCC1CCCCC1. The van der Waals surface area contributed by atoms with Gasteiger partial charge in [0.25, 0.3) is 0 Å². The van der Waals surface area contributed by atoms with Crippen LogP contribution in [0.3, 0.4) is 0 Å². The van der Waals surface area contributed by atoms with Crippen molar-refractivity contribution in [1.82, 2.24) is 9.97 Å². The Bertz CT molecular complexity index is 596. The maximum Gasteiger partial charge on any atom is 0.227 e. The van der Waals surface area contributed by atoms with Crippen LogP contribution in [0.25, 0.3) is 0 Å². The molecule has 0 spiro atoms. The smallest absolute Gasteiger partial charge is 0.227 e. The minimum Gasteiger partial charge on any atom is -0.378 e. The molecule has 0 bridgehead atoms. The molecule has 2 heterocycles. The van der Waals surface area contributed by atoms with E-state index in [4.69, 9.17) is 4.74 Å². The predicted octanol–water partition coefficient (Wildman–Crippen LogP) is 2.68. The molecule has 0 radical (unpaired) electrons. The third-order valence-electron chi connectivity index (χ3n) is 5.25. The molecule has 1 aromatic heterocycles. The highest BCUT2D eigenvalue weighted by molar-refractivity contribution is 5.93. The number of morpholine rings is 1. The van der Waals surface area contributed by atoms with E-state index in [0.717, 1.165) is 25.3 Å². The summed E-state index contributed by atoms with van der Waals surface area (Å²) in [6.45, 7) is 2.97. The van der Waals surface area contributed by atoms with Gasteiger partial charge in [-0.1, -0.05) is 32.1 Å². The zero-order valence-electron chi connectivity index (χ0n) is 16.0.